The molecule has 12 heteroatoms. The third-order valence-electron chi connectivity index (χ3n) is 8.16. The third kappa shape index (κ3) is 5.71. The molecule has 0 radical (unpaired) electrons. The summed E-state index contributed by atoms with van der Waals surface area (Å²) >= 11 is 0. The first-order valence-electron chi connectivity index (χ1n) is 13.7. The molecule has 4 heterocycles. The smallest absolute Gasteiger partial charge is 0.346 e. The van der Waals surface area contributed by atoms with E-state index in [0.29, 0.717) is 43.3 Å². The zero-order valence-corrected chi connectivity index (χ0v) is 22.8. The van der Waals surface area contributed by atoms with E-state index in [1.807, 2.05) is 30.1 Å². The number of H-pyrrole nitrogens is 1. The zero-order chi connectivity index (χ0) is 28.4. The van der Waals surface area contributed by atoms with Crippen molar-refractivity contribution in [3.63, 3.8) is 0 Å². The van der Waals surface area contributed by atoms with Crippen LogP contribution in [0.1, 0.15) is 68.8 Å². The average Bonchev–Trinajstić information content (AvgIpc) is 3.59. The fourth-order valence-corrected chi connectivity index (χ4v) is 5.49. The molecule has 40 heavy (non-hydrogen) atoms. The number of hydrogen-bond donors (Lipinski definition) is 1. The SMILES string of the molecule is CCCN(CCC(C)C(C)C1CC(n2cc(-c3ncnc4[nH]ccc34)cn2)C1)C(=O)c1ccnc(C(F)(F)F)n1. The Kier molecular flexibility index (Phi) is 7.86. The molecule has 0 aromatic carbocycles. The maximum Gasteiger partial charge on any atom is 0.451 e. The van der Waals surface area contributed by atoms with Crippen LogP contribution in [0.3, 0.4) is 0 Å². The normalized spacial score (nSPS) is 18.9. The number of nitrogens with one attached hydrogen (secondary N) is 1. The minimum absolute atomic E-state index is 0.226. The second-order valence-corrected chi connectivity index (χ2v) is 10.7. The molecule has 0 bridgehead atoms. The molecular formula is C28H33F3N8O. The van der Waals surface area contributed by atoms with Gasteiger partial charge in [0.25, 0.3) is 5.91 Å². The molecular weight excluding hydrogens is 521 g/mol. The van der Waals surface area contributed by atoms with E-state index in [9.17, 15) is 18.0 Å². The van der Waals surface area contributed by atoms with Crippen molar-refractivity contribution >= 4 is 16.9 Å². The van der Waals surface area contributed by atoms with Gasteiger partial charge in [0.1, 0.15) is 17.7 Å². The van der Waals surface area contributed by atoms with Gasteiger partial charge in [-0.3, -0.25) is 9.48 Å². The first kappa shape index (κ1) is 27.7. The Morgan fingerprint density at radius 3 is 2.73 bits per heavy atom. The highest BCUT2D eigenvalue weighted by molar-refractivity contribution is 5.92. The molecule has 2 unspecified atom stereocenters. The van der Waals surface area contributed by atoms with Crippen LogP contribution in [-0.4, -0.2) is 58.6 Å². The number of nitrogens with zero attached hydrogens (tertiary/aromatic N) is 7. The number of carbonyl (C=O) groups is 1. The molecule has 1 aliphatic carbocycles. The summed E-state index contributed by atoms with van der Waals surface area (Å²) in [6.07, 6.45) is 7.10. The average molecular weight is 555 g/mol. The van der Waals surface area contributed by atoms with Gasteiger partial charge in [-0.15, -0.1) is 0 Å². The summed E-state index contributed by atoms with van der Waals surface area (Å²) < 4.78 is 41.1. The van der Waals surface area contributed by atoms with Gasteiger partial charge in [-0.25, -0.2) is 19.9 Å². The molecule has 1 fully saturated rings. The molecule has 5 rings (SSSR count). The first-order chi connectivity index (χ1) is 19.2. The van der Waals surface area contributed by atoms with Gasteiger partial charge in [0.2, 0.25) is 5.82 Å². The Morgan fingerprint density at radius 2 is 1.98 bits per heavy atom. The van der Waals surface area contributed by atoms with E-state index >= 15 is 0 Å². The number of aromatic amines is 1. The summed E-state index contributed by atoms with van der Waals surface area (Å²) in [7, 11) is 0. The molecule has 4 aromatic rings. The number of carbonyl (C=O) groups excluding carboxylic acids is 1. The third-order valence-corrected chi connectivity index (χ3v) is 8.16. The number of hydrogen-bond acceptors (Lipinski definition) is 6. The van der Waals surface area contributed by atoms with Crippen LogP contribution in [0, 0.1) is 17.8 Å². The molecule has 0 saturated heterocycles. The summed E-state index contributed by atoms with van der Waals surface area (Å²) in [6.45, 7) is 7.29. The van der Waals surface area contributed by atoms with Crippen LogP contribution in [0.15, 0.2) is 43.2 Å². The lowest BCUT2D eigenvalue weighted by atomic mass is 9.68. The minimum atomic E-state index is -4.70. The molecule has 1 aliphatic rings. The van der Waals surface area contributed by atoms with Gasteiger partial charge < -0.3 is 9.88 Å². The van der Waals surface area contributed by atoms with E-state index in [4.69, 9.17) is 0 Å². The van der Waals surface area contributed by atoms with Crippen molar-refractivity contribution in [1.29, 1.82) is 0 Å². The lowest BCUT2D eigenvalue weighted by molar-refractivity contribution is -0.145. The topological polar surface area (TPSA) is 105 Å². The number of amides is 1. The molecule has 1 N–H and O–H groups in total. The van der Waals surface area contributed by atoms with Crippen molar-refractivity contribution in [3.05, 3.63) is 54.8 Å². The molecule has 1 saturated carbocycles. The highest BCUT2D eigenvalue weighted by atomic mass is 19.4. The largest absolute Gasteiger partial charge is 0.451 e. The standard InChI is InChI=1S/C28H33F3N8O/c1-4-10-38(26(40)23-6-9-33-27(37-23)28(29,30)31)11-7-17(2)18(3)19-12-21(13-19)39-15-20(14-36-39)24-22-5-8-32-25(22)35-16-34-24/h5-6,8-9,14-19,21H,4,7,10-13H2,1-3H3,(H,32,34,35). The van der Waals surface area contributed by atoms with Crippen molar-refractivity contribution in [2.45, 2.75) is 58.7 Å². The van der Waals surface area contributed by atoms with E-state index < -0.39 is 17.9 Å². The monoisotopic (exact) mass is 554 g/mol. The molecule has 4 aromatic heterocycles. The highest BCUT2D eigenvalue weighted by Gasteiger charge is 2.37. The number of rotatable bonds is 10. The summed E-state index contributed by atoms with van der Waals surface area (Å²) in [5.74, 6) is -0.481. The van der Waals surface area contributed by atoms with Crippen molar-refractivity contribution < 1.29 is 18.0 Å². The first-order valence-corrected chi connectivity index (χ1v) is 13.7. The van der Waals surface area contributed by atoms with E-state index in [-0.39, 0.29) is 5.69 Å². The van der Waals surface area contributed by atoms with E-state index in [1.54, 1.807) is 11.2 Å². The summed E-state index contributed by atoms with van der Waals surface area (Å²) in [6, 6.07) is 3.54. The van der Waals surface area contributed by atoms with Gasteiger partial charge in [0.05, 0.1) is 17.9 Å². The fourth-order valence-electron chi connectivity index (χ4n) is 5.49. The van der Waals surface area contributed by atoms with Crippen LogP contribution in [0.4, 0.5) is 13.2 Å². The summed E-state index contributed by atoms with van der Waals surface area (Å²) in [4.78, 5) is 33.2. The summed E-state index contributed by atoms with van der Waals surface area (Å²) in [5, 5.41) is 5.58. The summed E-state index contributed by atoms with van der Waals surface area (Å²) in [5.41, 5.74) is 2.39. The molecule has 1 amide bonds. The van der Waals surface area contributed by atoms with Crippen molar-refractivity contribution in [2.75, 3.05) is 13.1 Å². The predicted molar refractivity (Wildman–Crippen MR) is 143 cm³/mol. The molecule has 0 aliphatic heterocycles. The van der Waals surface area contributed by atoms with Crippen LogP contribution < -0.4 is 0 Å². The number of aromatic nitrogens is 7. The Bertz CT molecular complexity index is 1460. The molecule has 9 nitrogen and oxygen atoms in total. The fraction of sp³-hybridized carbons (Fsp3) is 0.500. The lowest BCUT2D eigenvalue weighted by Crippen LogP contribution is -2.37. The maximum atomic E-state index is 13.0. The van der Waals surface area contributed by atoms with Crippen LogP contribution in [-0.2, 0) is 6.18 Å². The number of halogens is 3. The van der Waals surface area contributed by atoms with Crippen LogP contribution >= 0.6 is 0 Å². The number of alkyl halides is 3. The molecule has 0 spiro atoms. The van der Waals surface area contributed by atoms with Crippen molar-refractivity contribution in [1.82, 2.24) is 39.6 Å². The quantitative estimate of drug-likeness (QED) is 0.266. The van der Waals surface area contributed by atoms with Gasteiger partial charge >= 0.3 is 6.18 Å². The van der Waals surface area contributed by atoms with Crippen LogP contribution in [0.5, 0.6) is 0 Å². The molecule has 212 valence electrons. The second-order valence-electron chi connectivity index (χ2n) is 10.7. The van der Waals surface area contributed by atoms with E-state index in [2.05, 4.69) is 50.1 Å². The van der Waals surface area contributed by atoms with Gasteiger partial charge in [-0.1, -0.05) is 20.8 Å². The van der Waals surface area contributed by atoms with Gasteiger partial charge in [0, 0.05) is 42.6 Å². The Labute approximate surface area is 230 Å². The Morgan fingerprint density at radius 1 is 1.18 bits per heavy atom. The van der Waals surface area contributed by atoms with Gasteiger partial charge in [-0.05, 0) is 55.6 Å². The Hall–Kier alpha value is -3.83. The maximum absolute atomic E-state index is 13.0. The van der Waals surface area contributed by atoms with Gasteiger partial charge in [-0.2, -0.15) is 18.3 Å². The van der Waals surface area contributed by atoms with Crippen molar-refractivity contribution in [3.8, 4) is 11.3 Å². The van der Waals surface area contributed by atoms with Gasteiger partial charge in [0.15, 0.2) is 0 Å². The minimum Gasteiger partial charge on any atom is -0.346 e. The van der Waals surface area contributed by atoms with E-state index in [0.717, 1.165) is 47.8 Å². The van der Waals surface area contributed by atoms with Crippen molar-refractivity contribution in [2.24, 2.45) is 17.8 Å². The van der Waals surface area contributed by atoms with Crippen LogP contribution in [0.25, 0.3) is 22.3 Å². The zero-order valence-electron chi connectivity index (χ0n) is 22.8. The Balaban J connectivity index is 1.15. The van der Waals surface area contributed by atoms with E-state index in [1.165, 1.54) is 6.07 Å². The lowest BCUT2D eigenvalue weighted by Gasteiger charge is -2.41. The second kappa shape index (κ2) is 11.3. The molecule has 2 atom stereocenters. The number of fused-ring (bicyclic) bond motifs is 1. The van der Waals surface area contributed by atoms with Crippen LogP contribution in [0.2, 0.25) is 0 Å². The highest BCUT2D eigenvalue weighted by Crippen LogP contribution is 2.45. The predicted octanol–water partition coefficient (Wildman–Crippen LogP) is 5.80.